The highest BCUT2D eigenvalue weighted by Crippen LogP contribution is 2.24. The second-order valence-electron chi connectivity index (χ2n) is 3.05. The predicted molar refractivity (Wildman–Crippen MR) is 60.9 cm³/mol. The van der Waals surface area contributed by atoms with Gasteiger partial charge in [0.25, 0.3) is 0 Å². The molecule has 0 bridgehead atoms. The van der Waals surface area contributed by atoms with Gasteiger partial charge in [0.1, 0.15) is 17.6 Å². The van der Waals surface area contributed by atoms with Crippen molar-refractivity contribution in [3.63, 3.8) is 0 Å². The summed E-state index contributed by atoms with van der Waals surface area (Å²) in [6.45, 7) is 0. The minimum atomic E-state index is -0.372. The van der Waals surface area contributed by atoms with E-state index >= 15 is 0 Å². The summed E-state index contributed by atoms with van der Waals surface area (Å²) in [6.07, 6.45) is 0. The van der Waals surface area contributed by atoms with Gasteiger partial charge in [-0.3, -0.25) is 0 Å². The standard InChI is InChI=1S/C11H5BrFN3O/c12-9-5-8(2-3-10(9)13)17-11-4-1-7(6-14)15-16-11/h1-5H. The summed E-state index contributed by atoms with van der Waals surface area (Å²) in [5, 5.41) is 15.8. The fraction of sp³-hybridized carbons (Fsp3) is 0. The molecule has 0 aliphatic heterocycles. The molecule has 0 aliphatic rings. The van der Waals surface area contributed by atoms with E-state index in [4.69, 9.17) is 10.00 Å². The monoisotopic (exact) mass is 293 g/mol. The van der Waals surface area contributed by atoms with Gasteiger partial charge in [0.15, 0.2) is 5.69 Å². The first kappa shape index (κ1) is 11.5. The SMILES string of the molecule is N#Cc1ccc(Oc2ccc(F)c(Br)c2)nn1. The van der Waals surface area contributed by atoms with Crippen molar-refractivity contribution in [3.05, 3.63) is 46.3 Å². The minimum Gasteiger partial charge on any atom is -0.437 e. The fourth-order valence-corrected chi connectivity index (χ4v) is 1.45. The van der Waals surface area contributed by atoms with Gasteiger partial charge in [0.05, 0.1) is 4.47 Å². The lowest BCUT2D eigenvalue weighted by Gasteiger charge is -2.04. The molecule has 0 atom stereocenters. The molecule has 1 heterocycles. The molecule has 0 fully saturated rings. The van der Waals surface area contributed by atoms with Crippen LogP contribution in [-0.2, 0) is 0 Å². The van der Waals surface area contributed by atoms with E-state index in [0.29, 0.717) is 10.2 Å². The Morgan fingerprint density at radius 1 is 1.24 bits per heavy atom. The van der Waals surface area contributed by atoms with E-state index in [-0.39, 0.29) is 17.4 Å². The Bertz CT molecular complexity index is 580. The molecule has 0 aliphatic carbocycles. The molecule has 17 heavy (non-hydrogen) atoms. The Morgan fingerprint density at radius 3 is 2.65 bits per heavy atom. The van der Waals surface area contributed by atoms with Crippen molar-refractivity contribution in [1.82, 2.24) is 10.2 Å². The third-order valence-corrected chi connectivity index (χ3v) is 2.48. The van der Waals surface area contributed by atoms with Crippen LogP contribution < -0.4 is 4.74 Å². The van der Waals surface area contributed by atoms with Crippen LogP contribution >= 0.6 is 15.9 Å². The van der Waals surface area contributed by atoms with Gasteiger partial charge < -0.3 is 4.74 Å². The van der Waals surface area contributed by atoms with Crippen LogP contribution in [0.25, 0.3) is 0 Å². The maximum atomic E-state index is 13.0. The zero-order valence-electron chi connectivity index (χ0n) is 8.39. The molecule has 0 radical (unpaired) electrons. The van der Waals surface area contributed by atoms with Crippen LogP contribution in [0.15, 0.2) is 34.8 Å². The number of hydrogen-bond donors (Lipinski definition) is 0. The number of aromatic nitrogens is 2. The van der Waals surface area contributed by atoms with Gasteiger partial charge in [0.2, 0.25) is 5.88 Å². The summed E-state index contributed by atoms with van der Waals surface area (Å²) in [7, 11) is 0. The van der Waals surface area contributed by atoms with Crippen molar-refractivity contribution in [2.45, 2.75) is 0 Å². The van der Waals surface area contributed by atoms with Crippen LogP contribution in [0.2, 0.25) is 0 Å². The molecule has 6 heteroatoms. The van der Waals surface area contributed by atoms with Crippen LogP contribution in [0.1, 0.15) is 5.69 Å². The number of nitrogens with zero attached hydrogens (tertiary/aromatic N) is 3. The first-order valence-corrected chi connectivity index (χ1v) is 5.35. The van der Waals surface area contributed by atoms with E-state index in [9.17, 15) is 4.39 Å². The predicted octanol–water partition coefficient (Wildman–Crippen LogP) is 3.04. The molecule has 0 saturated carbocycles. The van der Waals surface area contributed by atoms with Gasteiger partial charge in [-0.05, 0) is 40.2 Å². The lowest BCUT2D eigenvalue weighted by molar-refractivity contribution is 0.453. The van der Waals surface area contributed by atoms with Crippen molar-refractivity contribution in [2.75, 3.05) is 0 Å². The molecule has 0 N–H and O–H groups in total. The quantitative estimate of drug-likeness (QED) is 0.854. The summed E-state index contributed by atoms with van der Waals surface area (Å²) >= 11 is 3.05. The summed E-state index contributed by atoms with van der Waals surface area (Å²) in [5.74, 6) is 0.294. The average Bonchev–Trinajstić information content (AvgIpc) is 2.35. The third kappa shape index (κ3) is 2.77. The second kappa shape index (κ2) is 4.89. The van der Waals surface area contributed by atoms with Gasteiger partial charge >= 0.3 is 0 Å². The molecular weight excluding hydrogens is 289 g/mol. The van der Waals surface area contributed by atoms with E-state index in [2.05, 4.69) is 26.1 Å². The van der Waals surface area contributed by atoms with Crippen molar-refractivity contribution in [1.29, 1.82) is 5.26 Å². The first-order chi connectivity index (χ1) is 8.19. The van der Waals surface area contributed by atoms with Gasteiger partial charge in [-0.2, -0.15) is 5.26 Å². The van der Waals surface area contributed by atoms with Gasteiger partial charge in [-0.25, -0.2) is 4.39 Å². The van der Waals surface area contributed by atoms with E-state index in [0.717, 1.165) is 0 Å². The third-order valence-electron chi connectivity index (χ3n) is 1.87. The Morgan fingerprint density at radius 2 is 2.06 bits per heavy atom. The number of benzene rings is 1. The van der Waals surface area contributed by atoms with Crippen LogP contribution in [0.3, 0.4) is 0 Å². The van der Waals surface area contributed by atoms with Crippen molar-refractivity contribution < 1.29 is 9.13 Å². The fourth-order valence-electron chi connectivity index (χ4n) is 1.10. The molecular formula is C11H5BrFN3O. The zero-order valence-corrected chi connectivity index (χ0v) is 9.98. The maximum Gasteiger partial charge on any atom is 0.238 e. The van der Waals surface area contributed by atoms with E-state index in [1.54, 1.807) is 0 Å². The van der Waals surface area contributed by atoms with Gasteiger partial charge in [-0.15, -0.1) is 10.2 Å². The van der Waals surface area contributed by atoms with Crippen LogP contribution in [-0.4, -0.2) is 10.2 Å². The number of ether oxygens (including phenoxy) is 1. The van der Waals surface area contributed by atoms with E-state index in [1.807, 2.05) is 6.07 Å². The lowest BCUT2D eigenvalue weighted by Crippen LogP contribution is -1.92. The van der Waals surface area contributed by atoms with Crippen molar-refractivity contribution in [3.8, 4) is 17.7 Å². The van der Waals surface area contributed by atoms with Crippen molar-refractivity contribution >= 4 is 15.9 Å². The van der Waals surface area contributed by atoms with Crippen LogP contribution in [0, 0.1) is 17.1 Å². The Labute approximate surface area is 105 Å². The summed E-state index contributed by atoms with van der Waals surface area (Å²) in [5.41, 5.74) is 0.206. The number of rotatable bonds is 2. The zero-order chi connectivity index (χ0) is 12.3. The van der Waals surface area contributed by atoms with Crippen LogP contribution in [0.5, 0.6) is 11.6 Å². The molecule has 4 nitrogen and oxygen atoms in total. The summed E-state index contributed by atoms with van der Waals surface area (Å²) in [6, 6.07) is 9.08. The van der Waals surface area contributed by atoms with Gasteiger partial charge in [0, 0.05) is 6.07 Å². The highest BCUT2D eigenvalue weighted by molar-refractivity contribution is 9.10. The average molecular weight is 294 g/mol. The minimum absolute atomic E-state index is 0.206. The molecule has 1 aromatic carbocycles. The molecule has 0 saturated heterocycles. The molecule has 2 rings (SSSR count). The second-order valence-corrected chi connectivity index (χ2v) is 3.90. The van der Waals surface area contributed by atoms with E-state index < -0.39 is 0 Å². The van der Waals surface area contributed by atoms with Crippen molar-refractivity contribution in [2.24, 2.45) is 0 Å². The Kier molecular flexibility index (Phi) is 3.30. The molecule has 0 unspecified atom stereocenters. The molecule has 0 spiro atoms. The highest BCUT2D eigenvalue weighted by Gasteiger charge is 2.04. The number of nitriles is 1. The van der Waals surface area contributed by atoms with E-state index in [1.165, 1.54) is 30.3 Å². The Hall–Kier alpha value is -2.00. The molecule has 1 aromatic heterocycles. The summed E-state index contributed by atoms with van der Waals surface area (Å²) in [4.78, 5) is 0. The smallest absolute Gasteiger partial charge is 0.238 e. The largest absolute Gasteiger partial charge is 0.437 e. The number of halogens is 2. The molecule has 84 valence electrons. The molecule has 0 amide bonds. The summed E-state index contributed by atoms with van der Waals surface area (Å²) < 4.78 is 18.6. The maximum absolute atomic E-state index is 13.0. The van der Waals surface area contributed by atoms with Gasteiger partial charge in [-0.1, -0.05) is 0 Å². The Balaban J connectivity index is 2.20. The topological polar surface area (TPSA) is 58.8 Å². The highest BCUT2D eigenvalue weighted by atomic mass is 79.9. The first-order valence-electron chi connectivity index (χ1n) is 4.56. The normalized spacial score (nSPS) is 9.71. The molecule has 2 aromatic rings. The number of hydrogen-bond acceptors (Lipinski definition) is 4. The lowest BCUT2D eigenvalue weighted by atomic mass is 10.3. The van der Waals surface area contributed by atoms with Crippen LogP contribution in [0.4, 0.5) is 4.39 Å².